The molecular weight excluding hydrogens is 528 g/mol. The molecule has 0 aromatic heterocycles. The molecule has 0 saturated carbocycles. The summed E-state index contributed by atoms with van der Waals surface area (Å²) >= 11 is 0. The molecule has 1 aromatic carbocycles. The second kappa shape index (κ2) is 12.6. The lowest BCUT2D eigenvalue weighted by atomic mass is 9.70. The molecule has 226 valence electrons. The van der Waals surface area contributed by atoms with Crippen LogP contribution in [-0.4, -0.2) is 109 Å². The van der Waals surface area contributed by atoms with Crippen molar-refractivity contribution in [2.75, 3.05) is 57.9 Å². The number of carbonyl (C=O) groups excluding carboxylic acids is 3. The number of carbonyl (C=O) groups is 3. The lowest BCUT2D eigenvalue weighted by molar-refractivity contribution is -0.145. The molecule has 4 aliphatic rings. The number of hydrogen-bond donors (Lipinski definition) is 3. The average molecular weight is 573 g/mol. The van der Waals surface area contributed by atoms with Crippen LogP contribution in [-0.2, 0) is 23.9 Å². The molecule has 0 radical (unpaired) electrons. The van der Waals surface area contributed by atoms with Crippen molar-refractivity contribution >= 4 is 23.4 Å². The van der Waals surface area contributed by atoms with E-state index in [1.807, 2.05) is 20.8 Å². The van der Waals surface area contributed by atoms with Crippen LogP contribution >= 0.6 is 0 Å². The lowest BCUT2D eigenvalue weighted by Gasteiger charge is -2.37. The number of nitrogens with zero attached hydrogens (tertiary/aromatic N) is 2. The Morgan fingerprint density at radius 2 is 1.90 bits per heavy atom. The largest absolute Gasteiger partial charge is 0.494 e. The summed E-state index contributed by atoms with van der Waals surface area (Å²) < 4.78 is 17.4. The zero-order chi connectivity index (χ0) is 29.1. The highest BCUT2D eigenvalue weighted by molar-refractivity contribution is 6.02. The quantitative estimate of drug-likeness (QED) is 0.341. The minimum absolute atomic E-state index is 0.193. The van der Waals surface area contributed by atoms with Gasteiger partial charge < -0.3 is 34.9 Å². The van der Waals surface area contributed by atoms with Gasteiger partial charge in [0.25, 0.3) is 0 Å². The van der Waals surface area contributed by atoms with Crippen molar-refractivity contribution in [3.8, 4) is 5.75 Å². The van der Waals surface area contributed by atoms with E-state index in [1.54, 1.807) is 29.2 Å². The van der Waals surface area contributed by atoms with Crippen LogP contribution in [0, 0.1) is 17.8 Å². The Bertz CT molecular complexity index is 1090. The molecule has 3 N–H and O–H groups in total. The number of morpholine rings is 1. The molecule has 41 heavy (non-hydrogen) atoms. The first kappa shape index (κ1) is 29.8. The van der Waals surface area contributed by atoms with E-state index in [0.29, 0.717) is 63.6 Å². The van der Waals surface area contributed by atoms with Gasteiger partial charge in [0.05, 0.1) is 50.4 Å². The van der Waals surface area contributed by atoms with Gasteiger partial charge in [-0.3, -0.25) is 19.3 Å². The molecule has 4 saturated heterocycles. The van der Waals surface area contributed by atoms with E-state index in [1.165, 1.54) is 0 Å². The lowest BCUT2D eigenvalue weighted by Crippen LogP contribution is -2.58. The van der Waals surface area contributed by atoms with Gasteiger partial charge in [0.15, 0.2) is 0 Å². The molecule has 6 atom stereocenters. The Labute approximate surface area is 241 Å². The topological polar surface area (TPSA) is 130 Å². The molecule has 1 spiro atoms. The number of benzene rings is 1. The summed E-state index contributed by atoms with van der Waals surface area (Å²) in [6.45, 7) is 10.3. The third kappa shape index (κ3) is 5.82. The van der Waals surface area contributed by atoms with Crippen LogP contribution in [0.1, 0.15) is 40.0 Å². The van der Waals surface area contributed by atoms with Crippen LogP contribution in [0.4, 0.5) is 5.69 Å². The molecule has 2 bridgehead atoms. The van der Waals surface area contributed by atoms with Gasteiger partial charge in [-0.25, -0.2) is 0 Å². The third-order valence-electron chi connectivity index (χ3n) is 8.90. The van der Waals surface area contributed by atoms with Crippen molar-refractivity contribution in [1.29, 1.82) is 0 Å². The summed E-state index contributed by atoms with van der Waals surface area (Å²) in [7, 11) is 0. The van der Waals surface area contributed by atoms with Gasteiger partial charge in [-0.1, -0.05) is 13.8 Å². The fourth-order valence-corrected chi connectivity index (χ4v) is 7.19. The SMILES string of the molecule is CCOc1ccc(NC(=O)[C@@H]2[C@H]3C(=O)N([C@@H](CO)CC(C)C)C(C(=O)NCCN4CCOCC4)C34CC[C@H]2O4)cc1. The van der Waals surface area contributed by atoms with Gasteiger partial charge >= 0.3 is 0 Å². The maximum Gasteiger partial charge on any atom is 0.245 e. The fourth-order valence-electron chi connectivity index (χ4n) is 7.19. The number of fused-ring (bicyclic) bond motifs is 1. The highest BCUT2D eigenvalue weighted by Crippen LogP contribution is 2.59. The smallest absolute Gasteiger partial charge is 0.245 e. The number of nitrogens with one attached hydrogen (secondary N) is 2. The van der Waals surface area contributed by atoms with Crippen LogP contribution in [0.25, 0.3) is 0 Å². The normalized spacial score (nSPS) is 30.0. The summed E-state index contributed by atoms with van der Waals surface area (Å²) in [5.74, 6) is -1.49. The summed E-state index contributed by atoms with van der Waals surface area (Å²) in [6.07, 6.45) is 1.19. The first-order chi connectivity index (χ1) is 19.8. The van der Waals surface area contributed by atoms with E-state index in [4.69, 9.17) is 14.2 Å². The van der Waals surface area contributed by atoms with Crippen LogP contribution in [0.5, 0.6) is 5.75 Å². The van der Waals surface area contributed by atoms with E-state index >= 15 is 0 Å². The number of hydrogen-bond acceptors (Lipinski definition) is 8. The van der Waals surface area contributed by atoms with E-state index < -0.39 is 35.6 Å². The van der Waals surface area contributed by atoms with Gasteiger partial charge in [-0.2, -0.15) is 0 Å². The Morgan fingerprint density at radius 3 is 2.56 bits per heavy atom. The van der Waals surface area contributed by atoms with Crippen molar-refractivity contribution < 1.29 is 33.7 Å². The Morgan fingerprint density at radius 1 is 1.17 bits per heavy atom. The molecule has 4 fully saturated rings. The van der Waals surface area contributed by atoms with Crippen molar-refractivity contribution in [3.63, 3.8) is 0 Å². The Hall–Kier alpha value is -2.73. The van der Waals surface area contributed by atoms with E-state index in [0.717, 1.165) is 13.1 Å². The third-order valence-corrected chi connectivity index (χ3v) is 8.90. The van der Waals surface area contributed by atoms with Gasteiger partial charge in [0.2, 0.25) is 17.7 Å². The second-order valence-corrected chi connectivity index (χ2v) is 12.0. The van der Waals surface area contributed by atoms with E-state index in [9.17, 15) is 19.5 Å². The maximum absolute atomic E-state index is 14.2. The molecule has 0 aliphatic carbocycles. The van der Waals surface area contributed by atoms with Gasteiger partial charge in [0, 0.05) is 31.9 Å². The van der Waals surface area contributed by atoms with Crippen molar-refractivity contribution in [2.45, 2.75) is 63.8 Å². The maximum atomic E-state index is 14.2. The predicted molar refractivity (Wildman–Crippen MR) is 151 cm³/mol. The van der Waals surface area contributed by atoms with Crippen LogP contribution in [0.15, 0.2) is 24.3 Å². The second-order valence-electron chi connectivity index (χ2n) is 12.0. The van der Waals surface area contributed by atoms with Crippen LogP contribution < -0.4 is 15.4 Å². The zero-order valence-corrected chi connectivity index (χ0v) is 24.3. The number of likely N-dealkylation sites (tertiary alicyclic amines) is 1. The Kier molecular flexibility index (Phi) is 9.18. The number of aliphatic hydroxyl groups excluding tert-OH is 1. The fraction of sp³-hybridized carbons (Fsp3) is 0.700. The first-order valence-corrected chi connectivity index (χ1v) is 15.0. The number of ether oxygens (including phenoxy) is 3. The highest BCUT2D eigenvalue weighted by Gasteiger charge is 2.75. The molecular formula is C30H44N4O7. The predicted octanol–water partition coefficient (Wildman–Crippen LogP) is 1.25. The zero-order valence-electron chi connectivity index (χ0n) is 24.3. The molecule has 4 heterocycles. The first-order valence-electron chi connectivity index (χ1n) is 15.0. The molecule has 1 aromatic rings. The molecule has 11 heteroatoms. The monoisotopic (exact) mass is 572 g/mol. The van der Waals surface area contributed by atoms with Gasteiger partial charge in [-0.05, 0) is 56.4 Å². The minimum Gasteiger partial charge on any atom is -0.494 e. The Balaban J connectivity index is 1.37. The standard InChI is InChI=1S/C30H44N4O7/c1-4-40-22-7-5-20(6-8-22)32-27(36)24-23-9-10-30(41-23)25(24)29(38)34(21(18-35)17-19(2)3)26(30)28(37)31-11-12-33-13-15-39-16-14-33/h5-8,19,21,23-26,35H,4,9-18H2,1-3H3,(H,31,37)(H,32,36)/t21-,23-,24+,25+,26?,30?/m1/s1. The van der Waals surface area contributed by atoms with E-state index in [-0.39, 0.29) is 30.2 Å². The molecule has 5 rings (SSSR count). The number of anilines is 1. The average Bonchev–Trinajstić information content (AvgIpc) is 3.60. The summed E-state index contributed by atoms with van der Waals surface area (Å²) in [5.41, 5.74) is -0.501. The van der Waals surface area contributed by atoms with Crippen molar-refractivity contribution in [1.82, 2.24) is 15.1 Å². The van der Waals surface area contributed by atoms with Crippen LogP contribution in [0.2, 0.25) is 0 Å². The van der Waals surface area contributed by atoms with Crippen LogP contribution in [0.3, 0.4) is 0 Å². The summed E-state index contributed by atoms with van der Waals surface area (Å²) in [5, 5.41) is 16.4. The van der Waals surface area contributed by atoms with E-state index in [2.05, 4.69) is 15.5 Å². The van der Waals surface area contributed by atoms with Gasteiger partial charge in [0.1, 0.15) is 17.4 Å². The number of rotatable bonds is 12. The van der Waals surface area contributed by atoms with Gasteiger partial charge in [-0.15, -0.1) is 0 Å². The molecule has 2 unspecified atom stereocenters. The summed E-state index contributed by atoms with van der Waals surface area (Å²) in [4.78, 5) is 45.6. The molecule has 11 nitrogen and oxygen atoms in total. The highest BCUT2D eigenvalue weighted by atomic mass is 16.5. The number of amides is 3. The summed E-state index contributed by atoms with van der Waals surface area (Å²) in [6, 6.07) is 5.66. The minimum atomic E-state index is -1.10. The number of aliphatic hydroxyl groups is 1. The van der Waals surface area contributed by atoms with Crippen molar-refractivity contribution in [3.05, 3.63) is 24.3 Å². The molecule has 4 aliphatic heterocycles. The molecule has 3 amide bonds. The van der Waals surface area contributed by atoms with Crippen molar-refractivity contribution in [2.24, 2.45) is 17.8 Å².